The number of aliphatic hydroxyl groups is 1. The number of alkyl halides is 12. The van der Waals surface area contributed by atoms with Gasteiger partial charge in [0.1, 0.15) is 13.2 Å². The molecule has 7 nitrogen and oxygen atoms in total. The summed E-state index contributed by atoms with van der Waals surface area (Å²) < 4.78 is 183. The molecule has 0 fully saturated rings. The molecule has 0 unspecified atom stereocenters. The summed E-state index contributed by atoms with van der Waals surface area (Å²) in [5, 5.41) is 8.41. The molecule has 0 aromatic heterocycles. The minimum absolute atomic E-state index is 0.180. The molecule has 42 heavy (non-hydrogen) atoms. The Morgan fingerprint density at radius 3 is 1.21 bits per heavy atom. The Bertz CT molecular complexity index is 715. The van der Waals surface area contributed by atoms with Gasteiger partial charge in [-0.05, 0) is 6.42 Å². The molecule has 0 rings (SSSR count). The van der Waals surface area contributed by atoms with Crippen molar-refractivity contribution in [2.24, 2.45) is 0 Å². The van der Waals surface area contributed by atoms with E-state index >= 15 is 0 Å². The molecule has 0 saturated heterocycles. The fourth-order valence-corrected chi connectivity index (χ4v) is 2.94. The van der Waals surface area contributed by atoms with Crippen LogP contribution < -0.4 is 0 Å². The third-order valence-electron chi connectivity index (χ3n) is 4.93. The molecule has 0 aliphatic carbocycles. The van der Waals surface area contributed by atoms with Crippen LogP contribution in [0.1, 0.15) is 57.8 Å². The highest BCUT2D eigenvalue weighted by molar-refractivity contribution is 4.77. The number of aliphatic hydroxyl groups excluding tert-OH is 1. The molecule has 0 amide bonds. The number of hydrogen-bond donors (Lipinski definition) is 1. The quantitative estimate of drug-likeness (QED) is 0.0759. The molecule has 0 spiro atoms. The fraction of sp³-hybridized carbons (Fsp3) is 0.957. The fourth-order valence-electron chi connectivity index (χ4n) is 2.94. The van der Waals surface area contributed by atoms with Crippen LogP contribution in [0.25, 0.3) is 0 Å². The van der Waals surface area contributed by atoms with E-state index in [-0.39, 0.29) is 13.0 Å². The lowest BCUT2D eigenvalue weighted by molar-refractivity contribution is -0.558. The van der Waals surface area contributed by atoms with Gasteiger partial charge in [0.25, 0.3) is 0 Å². The topological polar surface area (TPSA) is 75.6 Å². The van der Waals surface area contributed by atoms with Crippen LogP contribution in [-0.4, -0.2) is 88.0 Å². The van der Waals surface area contributed by atoms with Crippen LogP contribution >= 0.6 is 0 Å². The summed E-state index contributed by atoms with van der Waals surface area (Å²) in [4.78, 5) is 0. The van der Waals surface area contributed by atoms with Crippen LogP contribution in [0.3, 0.4) is 0 Å². The van der Waals surface area contributed by atoms with Gasteiger partial charge in [0.15, 0.2) is 0 Å². The van der Waals surface area contributed by atoms with Gasteiger partial charge in [0, 0.05) is 6.61 Å². The van der Waals surface area contributed by atoms with E-state index in [1.807, 2.05) is 4.74 Å². The molecule has 253 valence electrons. The normalized spacial score (nSPS) is 14.1. The van der Waals surface area contributed by atoms with Gasteiger partial charge in [0.2, 0.25) is 0 Å². The zero-order valence-electron chi connectivity index (χ0n) is 22.5. The van der Waals surface area contributed by atoms with E-state index in [2.05, 4.69) is 30.6 Å². The summed E-state index contributed by atoms with van der Waals surface area (Å²) in [5.41, 5.74) is 0. The Hall–Kier alpha value is -1.12. The third kappa shape index (κ3) is 16.7. The first-order valence-corrected chi connectivity index (χ1v) is 12.7. The number of halogens is 12. The van der Waals surface area contributed by atoms with Crippen molar-refractivity contribution in [2.75, 3.05) is 46.2 Å². The lowest BCUT2D eigenvalue weighted by Crippen LogP contribution is -2.58. The predicted molar refractivity (Wildman–Crippen MR) is 119 cm³/mol. The predicted octanol–water partition coefficient (Wildman–Crippen LogP) is 6.98. The van der Waals surface area contributed by atoms with Gasteiger partial charge < -0.3 is 19.3 Å². The summed E-state index contributed by atoms with van der Waals surface area (Å²) in [6.45, 7) is -2.91. The molecular formula is C23H35F12O7. The highest BCUT2D eigenvalue weighted by atomic mass is 19.4. The van der Waals surface area contributed by atoms with Crippen molar-refractivity contribution in [1.82, 2.24) is 0 Å². The van der Waals surface area contributed by atoms with Crippen LogP contribution in [-0.2, 0) is 28.4 Å². The summed E-state index contributed by atoms with van der Waals surface area (Å²) in [7, 11) is 0. The summed E-state index contributed by atoms with van der Waals surface area (Å²) >= 11 is 0. The Balaban J connectivity index is 4.81. The standard InChI is InChI=1S/C23H35F12O7/c1-2-3-4-5-6-7-8-9-10-12-38-16-18(24,25)40-20(28,29)22(32,33)42-23(34,35)21(30,31)41-19(26,27)17-39-15-14-37-13-11-36/h36H,1-17H2. The van der Waals surface area contributed by atoms with Crippen molar-refractivity contribution < 1.29 is 86.2 Å². The largest absolute Gasteiger partial charge is 0.453 e. The Morgan fingerprint density at radius 1 is 0.429 bits per heavy atom. The highest BCUT2D eigenvalue weighted by Gasteiger charge is 2.74. The molecule has 0 atom stereocenters. The first kappa shape index (κ1) is 40.9. The van der Waals surface area contributed by atoms with Gasteiger partial charge in [-0.3, -0.25) is 0 Å². The number of unbranched alkanes of at least 4 members (excludes halogenated alkanes) is 8. The van der Waals surface area contributed by atoms with E-state index in [9.17, 15) is 52.7 Å². The molecule has 0 bridgehead atoms. The molecular weight excluding hydrogens is 616 g/mol. The second kappa shape index (κ2) is 18.6. The lowest BCUT2D eigenvalue weighted by Gasteiger charge is -2.34. The summed E-state index contributed by atoms with van der Waals surface area (Å²) in [6.07, 6.45) is -30.9. The zero-order valence-corrected chi connectivity index (χ0v) is 22.5. The average molecular weight is 652 g/mol. The maximum absolute atomic E-state index is 13.6. The minimum atomic E-state index is -6.93. The monoisotopic (exact) mass is 651 g/mol. The van der Waals surface area contributed by atoms with Gasteiger partial charge in [-0.25, -0.2) is 14.2 Å². The van der Waals surface area contributed by atoms with Crippen LogP contribution in [0.4, 0.5) is 52.7 Å². The first-order chi connectivity index (χ1) is 19.2. The van der Waals surface area contributed by atoms with Gasteiger partial charge >= 0.3 is 36.7 Å². The molecule has 19 heteroatoms. The Labute approximate surface area is 234 Å². The van der Waals surface area contributed by atoms with Crippen molar-refractivity contribution >= 4 is 0 Å². The average Bonchev–Trinajstić information content (AvgIpc) is 2.82. The van der Waals surface area contributed by atoms with E-state index in [4.69, 9.17) is 5.11 Å². The second-order valence-corrected chi connectivity index (χ2v) is 8.77. The van der Waals surface area contributed by atoms with Crippen molar-refractivity contribution in [3.05, 3.63) is 6.92 Å². The highest BCUT2D eigenvalue weighted by Crippen LogP contribution is 2.48. The van der Waals surface area contributed by atoms with Crippen molar-refractivity contribution in [1.29, 1.82) is 0 Å². The first-order valence-electron chi connectivity index (χ1n) is 12.7. The molecule has 1 N–H and O–H groups in total. The summed E-state index contributed by atoms with van der Waals surface area (Å²) in [5.74, 6) is 0. The van der Waals surface area contributed by atoms with Crippen LogP contribution in [0.2, 0.25) is 0 Å². The molecule has 0 aromatic rings. The molecule has 0 heterocycles. The molecule has 1 radical (unpaired) electrons. The lowest BCUT2D eigenvalue weighted by atomic mass is 10.1. The van der Waals surface area contributed by atoms with Gasteiger partial charge in [-0.15, -0.1) is 0 Å². The van der Waals surface area contributed by atoms with Crippen LogP contribution in [0.5, 0.6) is 0 Å². The molecule has 0 aliphatic rings. The van der Waals surface area contributed by atoms with Crippen molar-refractivity contribution in [3.8, 4) is 0 Å². The second-order valence-electron chi connectivity index (χ2n) is 8.77. The number of ether oxygens (including phenoxy) is 6. The van der Waals surface area contributed by atoms with Crippen molar-refractivity contribution in [3.63, 3.8) is 0 Å². The van der Waals surface area contributed by atoms with Crippen molar-refractivity contribution in [2.45, 2.75) is 94.4 Å². The Kier molecular flexibility index (Phi) is 18.1. The Morgan fingerprint density at radius 2 is 0.786 bits per heavy atom. The third-order valence-corrected chi connectivity index (χ3v) is 4.93. The number of rotatable bonds is 27. The molecule has 0 aliphatic heterocycles. The van der Waals surface area contributed by atoms with E-state index in [1.54, 1.807) is 0 Å². The van der Waals surface area contributed by atoms with Gasteiger partial charge in [-0.1, -0.05) is 58.3 Å². The van der Waals surface area contributed by atoms with E-state index < -0.39 is 76.3 Å². The molecule has 0 saturated carbocycles. The van der Waals surface area contributed by atoms with E-state index in [1.165, 1.54) is 0 Å². The smallest absolute Gasteiger partial charge is 0.394 e. The van der Waals surface area contributed by atoms with Crippen LogP contribution in [0.15, 0.2) is 0 Å². The van der Waals surface area contributed by atoms with Crippen LogP contribution in [0, 0.1) is 6.92 Å². The SMILES string of the molecule is [CH2]CCCCCCCCCCOCC(F)(F)OC(F)(F)C(F)(F)OC(F)(F)C(F)(F)OC(F)(F)COCCOCCO. The van der Waals surface area contributed by atoms with Gasteiger partial charge in [-0.2, -0.15) is 52.7 Å². The van der Waals surface area contributed by atoms with E-state index in [0.717, 1.165) is 38.5 Å². The maximum atomic E-state index is 13.6. The van der Waals surface area contributed by atoms with Gasteiger partial charge in [0.05, 0.1) is 26.4 Å². The maximum Gasteiger partial charge on any atom is 0.453 e. The zero-order chi connectivity index (χ0) is 32.6. The summed E-state index contributed by atoms with van der Waals surface area (Å²) in [6, 6.07) is 0. The molecule has 0 aromatic carbocycles. The minimum Gasteiger partial charge on any atom is -0.394 e. The van der Waals surface area contributed by atoms with E-state index in [0.29, 0.717) is 12.8 Å². The number of hydrogen-bond acceptors (Lipinski definition) is 7.